The fraction of sp³-hybridized carbons (Fsp3) is 0.320. The summed E-state index contributed by atoms with van der Waals surface area (Å²) in [5.74, 6) is 0.832. The molecule has 0 amide bonds. The van der Waals surface area contributed by atoms with Crippen molar-refractivity contribution < 1.29 is 9.84 Å². The Hall–Kier alpha value is -3.45. The average molecular weight is 434 g/mol. The lowest BCUT2D eigenvalue weighted by Gasteiger charge is -2.27. The third-order valence-corrected chi connectivity index (χ3v) is 4.98. The van der Waals surface area contributed by atoms with Gasteiger partial charge >= 0.3 is 0 Å². The van der Waals surface area contributed by atoms with Crippen LogP contribution in [0.25, 0.3) is 22.4 Å². The lowest BCUT2D eigenvalue weighted by Crippen LogP contribution is -2.37. The number of allylic oxidation sites excluding steroid dienone is 5. The zero-order valence-corrected chi connectivity index (χ0v) is 19.0. The fourth-order valence-electron chi connectivity index (χ4n) is 3.41. The Morgan fingerprint density at radius 1 is 1.22 bits per heavy atom. The number of benzene rings is 1. The minimum atomic E-state index is 0.190. The molecule has 3 heterocycles. The van der Waals surface area contributed by atoms with Gasteiger partial charge in [0.2, 0.25) is 5.95 Å². The van der Waals surface area contributed by atoms with Crippen LogP contribution in [0, 0.1) is 0 Å². The number of anilines is 1. The molecule has 0 saturated carbocycles. The highest BCUT2D eigenvalue weighted by molar-refractivity contribution is 5.88. The SMILES string of the molecule is C=C/C(=C\C=C/C)Cn1cnc2c(-c3cccc(O)c3)nc(N3CCOCC3)nc21.CC. The average Bonchev–Trinajstić information content (AvgIpc) is 3.25. The highest BCUT2D eigenvalue weighted by atomic mass is 16.5. The van der Waals surface area contributed by atoms with Crippen molar-refractivity contribution in [2.45, 2.75) is 27.3 Å². The first-order valence-electron chi connectivity index (χ1n) is 11.0. The van der Waals surface area contributed by atoms with Gasteiger partial charge in [0, 0.05) is 18.7 Å². The van der Waals surface area contributed by atoms with Gasteiger partial charge in [-0.2, -0.15) is 4.98 Å². The molecule has 32 heavy (non-hydrogen) atoms. The third-order valence-electron chi connectivity index (χ3n) is 4.98. The normalized spacial score (nSPS) is 14.5. The van der Waals surface area contributed by atoms with Crippen molar-refractivity contribution in [3.05, 3.63) is 67.0 Å². The number of rotatable bonds is 6. The maximum atomic E-state index is 9.98. The van der Waals surface area contributed by atoms with E-state index in [1.54, 1.807) is 24.5 Å². The number of phenols is 1. The van der Waals surface area contributed by atoms with E-state index in [1.807, 2.05) is 55.7 Å². The first-order valence-corrected chi connectivity index (χ1v) is 11.0. The molecule has 7 heteroatoms. The summed E-state index contributed by atoms with van der Waals surface area (Å²) in [6.45, 7) is 13.3. The Kier molecular flexibility index (Phi) is 8.16. The van der Waals surface area contributed by atoms with Crippen LogP contribution >= 0.6 is 0 Å². The lowest BCUT2D eigenvalue weighted by molar-refractivity contribution is 0.122. The molecule has 4 rings (SSSR count). The van der Waals surface area contributed by atoms with Crippen molar-refractivity contribution in [1.82, 2.24) is 19.5 Å². The van der Waals surface area contributed by atoms with Crippen LogP contribution in [0.1, 0.15) is 20.8 Å². The molecule has 7 nitrogen and oxygen atoms in total. The maximum Gasteiger partial charge on any atom is 0.228 e. The number of morpholine rings is 1. The van der Waals surface area contributed by atoms with Crippen LogP contribution in [0.15, 0.2) is 67.0 Å². The number of phenolic OH excluding ortho intramolecular Hbond substituents is 1. The molecule has 1 fully saturated rings. The summed E-state index contributed by atoms with van der Waals surface area (Å²) in [7, 11) is 0. The van der Waals surface area contributed by atoms with Crippen LogP contribution in [0.4, 0.5) is 5.95 Å². The Bertz CT molecular complexity index is 1110. The van der Waals surface area contributed by atoms with Crippen LogP contribution in [0.2, 0.25) is 0 Å². The van der Waals surface area contributed by atoms with E-state index in [-0.39, 0.29) is 5.75 Å². The van der Waals surface area contributed by atoms with Crippen molar-refractivity contribution in [3.63, 3.8) is 0 Å². The zero-order chi connectivity index (χ0) is 22.9. The van der Waals surface area contributed by atoms with Gasteiger partial charge in [-0.3, -0.25) is 0 Å². The second-order valence-electron chi connectivity index (χ2n) is 7.04. The molecule has 1 aliphatic rings. The van der Waals surface area contributed by atoms with E-state index in [9.17, 15) is 5.11 Å². The fourth-order valence-corrected chi connectivity index (χ4v) is 3.41. The number of nitrogens with zero attached hydrogens (tertiary/aromatic N) is 5. The maximum absolute atomic E-state index is 9.98. The molecule has 2 aromatic heterocycles. The summed E-state index contributed by atoms with van der Waals surface area (Å²) in [4.78, 5) is 16.4. The smallest absolute Gasteiger partial charge is 0.228 e. The molecule has 0 radical (unpaired) electrons. The van der Waals surface area contributed by atoms with Gasteiger partial charge in [0.1, 0.15) is 17.0 Å². The molecule has 0 bridgehead atoms. The van der Waals surface area contributed by atoms with Crippen LogP contribution in [-0.4, -0.2) is 50.9 Å². The van der Waals surface area contributed by atoms with E-state index in [0.29, 0.717) is 36.9 Å². The number of imidazole rings is 1. The molecule has 0 spiro atoms. The molecule has 1 N–H and O–H groups in total. The Morgan fingerprint density at radius 3 is 2.69 bits per heavy atom. The summed E-state index contributed by atoms with van der Waals surface area (Å²) < 4.78 is 7.48. The summed E-state index contributed by atoms with van der Waals surface area (Å²) in [6, 6.07) is 7.07. The highest BCUT2D eigenvalue weighted by Gasteiger charge is 2.20. The number of aromatic hydroxyl groups is 1. The van der Waals surface area contributed by atoms with Crippen molar-refractivity contribution >= 4 is 17.1 Å². The zero-order valence-electron chi connectivity index (χ0n) is 19.0. The number of hydrogen-bond donors (Lipinski definition) is 1. The quantitative estimate of drug-likeness (QED) is 0.566. The lowest BCUT2D eigenvalue weighted by atomic mass is 10.1. The van der Waals surface area contributed by atoms with Gasteiger partial charge in [-0.05, 0) is 24.6 Å². The minimum absolute atomic E-state index is 0.190. The summed E-state index contributed by atoms with van der Waals surface area (Å²) in [6.07, 6.45) is 9.61. The second-order valence-corrected chi connectivity index (χ2v) is 7.04. The van der Waals surface area contributed by atoms with Crippen molar-refractivity contribution in [1.29, 1.82) is 0 Å². The molecule has 1 aliphatic heterocycles. The summed E-state index contributed by atoms with van der Waals surface area (Å²) >= 11 is 0. The standard InChI is InChI=1S/C23H25N5O2.C2H6/c1-3-5-7-17(4-2)15-28-16-24-21-20(18-8-6-9-19(29)14-18)25-23(26-22(21)28)27-10-12-30-13-11-27;1-2/h3-9,14,16,29H,2,10-13,15H2,1H3;1-2H3/b5-3-,17-7+;. The molecular formula is C25H31N5O2. The van der Waals surface area contributed by atoms with Gasteiger partial charge in [0.15, 0.2) is 5.65 Å². The molecular weight excluding hydrogens is 402 g/mol. The molecule has 3 aromatic rings. The van der Waals surface area contributed by atoms with Crippen molar-refractivity contribution in [2.75, 3.05) is 31.2 Å². The predicted octanol–water partition coefficient (Wildman–Crippen LogP) is 4.75. The predicted molar refractivity (Wildman–Crippen MR) is 130 cm³/mol. The van der Waals surface area contributed by atoms with E-state index < -0.39 is 0 Å². The minimum Gasteiger partial charge on any atom is -0.508 e. The van der Waals surface area contributed by atoms with Crippen LogP contribution in [0.3, 0.4) is 0 Å². The third kappa shape index (κ3) is 5.23. The number of aromatic nitrogens is 4. The van der Waals surface area contributed by atoms with Crippen LogP contribution in [0.5, 0.6) is 5.75 Å². The van der Waals surface area contributed by atoms with Crippen molar-refractivity contribution in [3.8, 4) is 17.0 Å². The number of hydrogen-bond acceptors (Lipinski definition) is 6. The molecule has 1 saturated heterocycles. The van der Waals surface area contributed by atoms with E-state index in [1.165, 1.54) is 0 Å². The second kappa shape index (κ2) is 11.2. The summed E-state index contributed by atoms with van der Waals surface area (Å²) in [5.41, 5.74) is 4.01. The van der Waals surface area contributed by atoms with Crippen LogP contribution in [-0.2, 0) is 11.3 Å². The Labute approximate surface area is 189 Å². The number of fused-ring (bicyclic) bond motifs is 1. The molecule has 0 unspecified atom stereocenters. The Balaban J connectivity index is 0.00000141. The van der Waals surface area contributed by atoms with Gasteiger partial charge in [-0.1, -0.05) is 56.9 Å². The summed E-state index contributed by atoms with van der Waals surface area (Å²) in [5, 5.41) is 9.98. The topological polar surface area (TPSA) is 76.3 Å². The molecule has 0 aliphatic carbocycles. The van der Waals surface area contributed by atoms with Gasteiger partial charge in [0.25, 0.3) is 0 Å². The molecule has 1 aromatic carbocycles. The first kappa shape index (κ1) is 23.2. The van der Waals surface area contributed by atoms with E-state index >= 15 is 0 Å². The number of ether oxygens (including phenoxy) is 1. The van der Waals surface area contributed by atoms with E-state index in [2.05, 4.69) is 16.5 Å². The van der Waals surface area contributed by atoms with Gasteiger partial charge in [0.05, 0.1) is 26.1 Å². The first-order chi connectivity index (χ1) is 15.7. The Morgan fingerprint density at radius 2 is 2.00 bits per heavy atom. The van der Waals surface area contributed by atoms with Gasteiger partial charge in [-0.25, -0.2) is 9.97 Å². The highest BCUT2D eigenvalue weighted by Crippen LogP contribution is 2.30. The van der Waals surface area contributed by atoms with Gasteiger partial charge in [-0.15, -0.1) is 0 Å². The van der Waals surface area contributed by atoms with E-state index in [4.69, 9.17) is 14.7 Å². The monoisotopic (exact) mass is 433 g/mol. The van der Waals surface area contributed by atoms with Crippen molar-refractivity contribution in [2.24, 2.45) is 0 Å². The molecule has 168 valence electrons. The van der Waals surface area contributed by atoms with Crippen LogP contribution < -0.4 is 4.90 Å². The van der Waals surface area contributed by atoms with E-state index in [0.717, 1.165) is 29.9 Å². The van der Waals surface area contributed by atoms with Gasteiger partial charge < -0.3 is 19.3 Å². The molecule has 0 atom stereocenters. The largest absolute Gasteiger partial charge is 0.508 e.